The molecule has 0 unspecified atom stereocenters. The van der Waals surface area contributed by atoms with E-state index in [0.717, 1.165) is 24.1 Å². The van der Waals surface area contributed by atoms with Crippen LogP contribution >= 0.6 is 0 Å². The number of carbonyl (C=O) groups excluding carboxylic acids is 1. The summed E-state index contributed by atoms with van der Waals surface area (Å²) in [5.74, 6) is 0.190. The third-order valence-corrected chi connectivity index (χ3v) is 4.73. The van der Waals surface area contributed by atoms with Crippen LogP contribution in [0.2, 0.25) is 0 Å². The molecule has 2 aromatic rings. The molecule has 1 N–H and O–H groups in total. The Balaban J connectivity index is 1.80. The number of fused-ring (bicyclic) bond motifs is 1. The predicted molar refractivity (Wildman–Crippen MR) is 106 cm³/mol. The first-order valence-electron chi connectivity index (χ1n) is 9.32. The van der Waals surface area contributed by atoms with E-state index in [9.17, 15) is 9.90 Å². The highest BCUT2D eigenvalue weighted by Crippen LogP contribution is 2.41. The number of hydrogen-bond donors (Lipinski definition) is 1. The highest BCUT2D eigenvalue weighted by Gasteiger charge is 2.39. The maximum absolute atomic E-state index is 12.6. The Labute approximate surface area is 161 Å². The van der Waals surface area contributed by atoms with E-state index in [-0.39, 0.29) is 17.3 Å². The molecule has 1 aromatic carbocycles. The number of ether oxygens (including phenoxy) is 1. The number of nitrogens with zero attached hydrogens (tertiary/aromatic N) is 2. The Morgan fingerprint density at radius 1 is 1.19 bits per heavy atom. The van der Waals surface area contributed by atoms with Gasteiger partial charge in [-0.05, 0) is 62.4 Å². The largest absolute Gasteiger partial charge is 0.506 e. The number of aryl methyl sites for hydroxylation is 2. The number of pyridine rings is 1. The van der Waals surface area contributed by atoms with Gasteiger partial charge in [-0.2, -0.15) is 0 Å². The van der Waals surface area contributed by atoms with Gasteiger partial charge in [-0.3, -0.25) is 9.88 Å². The van der Waals surface area contributed by atoms with Gasteiger partial charge in [0.05, 0.1) is 11.9 Å². The monoisotopic (exact) mass is 368 g/mol. The average Bonchev–Trinajstić information content (AvgIpc) is 2.83. The van der Waals surface area contributed by atoms with Crippen LogP contribution in [0.4, 0.5) is 10.5 Å². The van der Waals surface area contributed by atoms with Crippen molar-refractivity contribution in [1.82, 2.24) is 4.98 Å². The molecule has 144 valence electrons. The van der Waals surface area contributed by atoms with Gasteiger partial charge in [0.2, 0.25) is 0 Å². The number of benzene rings is 1. The summed E-state index contributed by atoms with van der Waals surface area (Å²) in [5, 5.41) is 9.56. The first kappa shape index (κ1) is 19.2. The smallest absolute Gasteiger partial charge is 0.414 e. The molecule has 0 fully saturated rings. The Morgan fingerprint density at radius 2 is 1.89 bits per heavy atom. The SMILES string of the molecule is CC(C)(C)OC(=O)N1CC(C)(C)c2cc(CCc3cncc(O)c3)ccc21. The highest BCUT2D eigenvalue weighted by molar-refractivity contribution is 5.91. The third-order valence-electron chi connectivity index (χ3n) is 4.73. The van der Waals surface area contributed by atoms with Crippen LogP contribution < -0.4 is 4.90 Å². The number of anilines is 1. The summed E-state index contributed by atoms with van der Waals surface area (Å²) in [6.07, 6.45) is 4.57. The van der Waals surface area contributed by atoms with Crippen molar-refractivity contribution >= 4 is 11.8 Å². The van der Waals surface area contributed by atoms with Crippen LogP contribution in [-0.2, 0) is 23.0 Å². The second-order valence-electron chi connectivity index (χ2n) is 8.85. The van der Waals surface area contributed by atoms with E-state index in [1.165, 1.54) is 17.3 Å². The van der Waals surface area contributed by atoms with Crippen LogP contribution in [0.3, 0.4) is 0 Å². The Hall–Kier alpha value is -2.56. The maximum atomic E-state index is 12.6. The lowest BCUT2D eigenvalue weighted by atomic mass is 9.85. The van der Waals surface area contributed by atoms with Crippen molar-refractivity contribution < 1.29 is 14.6 Å². The van der Waals surface area contributed by atoms with Crippen LogP contribution in [0, 0.1) is 0 Å². The van der Waals surface area contributed by atoms with Gasteiger partial charge in [-0.15, -0.1) is 0 Å². The minimum Gasteiger partial charge on any atom is -0.506 e. The van der Waals surface area contributed by atoms with Gasteiger partial charge in [0.15, 0.2) is 0 Å². The van der Waals surface area contributed by atoms with Crippen molar-refractivity contribution in [3.05, 3.63) is 53.3 Å². The van der Waals surface area contributed by atoms with E-state index in [1.807, 2.05) is 26.8 Å². The molecule has 3 rings (SSSR count). The van der Waals surface area contributed by atoms with Crippen molar-refractivity contribution in [3.8, 4) is 5.75 Å². The summed E-state index contributed by atoms with van der Waals surface area (Å²) in [4.78, 5) is 18.4. The number of aromatic hydroxyl groups is 1. The number of carbonyl (C=O) groups is 1. The van der Waals surface area contributed by atoms with Crippen molar-refractivity contribution in [3.63, 3.8) is 0 Å². The zero-order valence-electron chi connectivity index (χ0n) is 16.7. The summed E-state index contributed by atoms with van der Waals surface area (Å²) in [7, 11) is 0. The minimum absolute atomic E-state index is 0.130. The molecule has 1 aromatic heterocycles. The molecule has 27 heavy (non-hydrogen) atoms. The van der Waals surface area contributed by atoms with Crippen LogP contribution in [0.15, 0.2) is 36.7 Å². The lowest BCUT2D eigenvalue weighted by Crippen LogP contribution is -2.38. The molecule has 0 radical (unpaired) electrons. The third kappa shape index (κ3) is 4.41. The molecule has 0 saturated carbocycles. The van der Waals surface area contributed by atoms with Crippen LogP contribution in [0.1, 0.15) is 51.3 Å². The minimum atomic E-state index is -0.515. The standard InChI is InChI=1S/C22H28N2O3/c1-21(2,3)27-20(26)24-14-22(4,5)18-11-15(8-9-19(18)24)6-7-16-10-17(25)13-23-12-16/h8-13,25H,6-7,14H2,1-5H3. The van der Waals surface area contributed by atoms with Crippen molar-refractivity contribution in [2.24, 2.45) is 0 Å². The van der Waals surface area contributed by atoms with E-state index in [2.05, 4.69) is 31.0 Å². The number of aromatic nitrogens is 1. The van der Waals surface area contributed by atoms with E-state index >= 15 is 0 Å². The molecule has 2 heterocycles. The fraction of sp³-hybridized carbons (Fsp3) is 0.455. The molecule has 1 aliphatic rings. The first-order valence-corrected chi connectivity index (χ1v) is 9.32. The van der Waals surface area contributed by atoms with Gasteiger partial charge in [-0.1, -0.05) is 26.0 Å². The van der Waals surface area contributed by atoms with E-state index in [4.69, 9.17) is 4.74 Å². The molecule has 0 bridgehead atoms. The van der Waals surface area contributed by atoms with Crippen LogP contribution in [0.5, 0.6) is 5.75 Å². The second-order valence-corrected chi connectivity index (χ2v) is 8.85. The zero-order chi connectivity index (χ0) is 19.8. The van der Waals surface area contributed by atoms with Crippen LogP contribution in [0.25, 0.3) is 0 Å². The van der Waals surface area contributed by atoms with Crippen molar-refractivity contribution in [2.45, 2.75) is 58.5 Å². The summed E-state index contributed by atoms with van der Waals surface area (Å²) < 4.78 is 5.57. The van der Waals surface area contributed by atoms with E-state index < -0.39 is 5.60 Å². The zero-order valence-corrected chi connectivity index (χ0v) is 16.7. The normalized spacial score (nSPS) is 15.5. The molecular weight excluding hydrogens is 340 g/mol. The predicted octanol–water partition coefficient (Wildman–Crippen LogP) is 4.61. The van der Waals surface area contributed by atoms with Gasteiger partial charge < -0.3 is 9.84 Å². The summed E-state index contributed by atoms with van der Waals surface area (Å²) >= 11 is 0. The lowest BCUT2D eigenvalue weighted by Gasteiger charge is -2.25. The van der Waals surface area contributed by atoms with E-state index in [0.29, 0.717) is 6.54 Å². The van der Waals surface area contributed by atoms with Crippen LogP contribution in [-0.4, -0.2) is 28.3 Å². The van der Waals surface area contributed by atoms with E-state index in [1.54, 1.807) is 17.2 Å². The Kier molecular flexibility index (Phi) is 4.89. The number of amides is 1. The number of rotatable bonds is 3. The summed E-state index contributed by atoms with van der Waals surface area (Å²) in [5.41, 5.74) is 3.66. The topological polar surface area (TPSA) is 62.7 Å². The quantitative estimate of drug-likeness (QED) is 0.860. The molecule has 0 aliphatic carbocycles. The summed E-state index contributed by atoms with van der Waals surface area (Å²) in [6.45, 7) is 10.6. The van der Waals surface area contributed by atoms with Crippen molar-refractivity contribution in [1.29, 1.82) is 0 Å². The average molecular weight is 368 g/mol. The Bertz CT molecular complexity index is 853. The Morgan fingerprint density at radius 3 is 2.56 bits per heavy atom. The molecule has 5 nitrogen and oxygen atoms in total. The molecule has 0 spiro atoms. The van der Waals surface area contributed by atoms with Gasteiger partial charge >= 0.3 is 6.09 Å². The number of hydrogen-bond acceptors (Lipinski definition) is 4. The molecule has 0 atom stereocenters. The molecule has 0 saturated heterocycles. The van der Waals surface area contributed by atoms with Crippen molar-refractivity contribution in [2.75, 3.05) is 11.4 Å². The highest BCUT2D eigenvalue weighted by atomic mass is 16.6. The maximum Gasteiger partial charge on any atom is 0.414 e. The first-order chi connectivity index (χ1) is 12.5. The van der Waals surface area contributed by atoms with Gasteiger partial charge in [0.1, 0.15) is 11.4 Å². The second kappa shape index (κ2) is 6.87. The van der Waals surface area contributed by atoms with Gasteiger partial charge in [0, 0.05) is 18.2 Å². The molecular formula is C22H28N2O3. The molecule has 1 aliphatic heterocycles. The van der Waals surface area contributed by atoms with Gasteiger partial charge in [-0.25, -0.2) is 4.79 Å². The fourth-order valence-electron chi connectivity index (χ4n) is 3.46. The van der Waals surface area contributed by atoms with Gasteiger partial charge in [0.25, 0.3) is 0 Å². The fourth-order valence-corrected chi connectivity index (χ4v) is 3.46. The lowest BCUT2D eigenvalue weighted by molar-refractivity contribution is 0.0579. The summed E-state index contributed by atoms with van der Waals surface area (Å²) in [6, 6.07) is 8.02. The molecule has 5 heteroatoms. The molecule has 1 amide bonds.